The highest BCUT2D eigenvalue weighted by molar-refractivity contribution is 5.85. The molecule has 0 bridgehead atoms. The average Bonchev–Trinajstić information content (AvgIpc) is 3.14. The molecule has 0 spiro atoms. The first kappa shape index (κ1) is 20.5. The lowest BCUT2D eigenvalue weighted by Crippen LogP contribution is -2.31. The molecule has 0 saturated carbocycles. The normalized spacial score (nSPS) is 19.5. The Morgan fingerprint density at radius 3 is 2.54 bits per heavy atom. The smallest absolute Gasteiger partial charge is 0.227 e. The third kappa shape index (κ3) is 4.50. The second-order valence-electron chi connectivity index (χ2n) is 6.01. The summed E-state index contributed by atoms with van der Waals surface area (Å²) in [6.07, 6.45) is 4.05. The molecular formula is C17H24Cl2N4O. The van der Waals surface area contributed by atoms with E-state index in [2.05, 4.69) is 17.2 Å². The number of nitrogens with two attached hydrogens (primary N) is 1. The first-order valence-corrected chi connectivity index (χ1v) is 7.67. The van der Waals surface area contributed by atoms with E-state index in [1.807, 2.05) is 36.3 Å². The molecule has 7 heteroatoms. The largest absolute Gasteiger partial charge is 0.341 e. The van der Waals surface area contributed by atoms with Crippen LogP contribution in [0.1, 0.15) is 17.0 Å². The van der Waals surface area contributed by atoms with Crippen LogP contribution in [0.3, 0.4) is 0 Å². The van der Waals surface area contributed by atoms with Crippen molar-refractivity contribution in [3.63, 3.8) is 0 Å². The van der Waals surface area contributed by atoms with Crippen LogP contribution in [0.2, 0.25) is 0 Å². The summed E-state index contributed by atoms with van der Waals surface area (Å²) in [5.74, 6) is 0.828. The number of nitrogens with zero attached hydrogens (tertiary/aromatic N) is 3. The van der Waals surface area contributed by atoms with Crippen molar-refractivity contribution in [2.24, 2.45) is 18.7 Å². The molecule has 2 heterocycles. The number of hydrogen-bond donors (Lipinski definition) is 1. The lowest BCUT2D eigenvalue weighted by Gasteiger charge is -2.16. The molecule has 2 atom stereocenters. The third-order valence-electron chi connectivity index (χ3n) is 4.44. The second-order valence-corrected chi connectivity index (χ2v) is 6.01. The summed E-state index contributed by atoms with van der Waals surface area (Å²) in [7, 11) is 1.86. The Morgan fingerprint density at radius 1 is 1.25 bits per heavy atom. The molecule has 1 aliphatic rings. The molecule has 1 fully saturated rings. The van der Waals surface area contributed by atoms with Gasteiger partial charge in [0.2, 0.25) is 5.91 Å². The molecule has 24 heavy (non-hydrogen) atoms. The van der Waals surface area contributed by atoms with Crippen LogP contribution in [0.25, 0.3) is 0 Å². The van der Waals surface area contributed by atoms with Crippen molar-refractivity contribution in [1.82, 2.24) is 14.7 Å². The summed E-state index contributed by atoms with van der Waals surface area (Å²) in [5.41, 5.74) is 8.16. The van der Waals surface area contributed by atoms with Gasteiger partial charge in [-0.15, -0.1) is 24.8 Å². The number of likely N-dealkylation sites (tertiary alicyclic amines) is 1. The van der Waals surface area contributed by atoms with Gasteiger partial charge in [-0.2, -0.15) is 5.10 Å². The van der Waals surface area contributed by atoms with Crippen LogP contribution in [-0.2, 0) is 18.3 Å². The van der Waals surface area contributed by atoms with Crippen molar-refractivity contribution in [2.45, 2.75) is 12.3 Å². The van der Waals surface area contributed by atoms with Crippen molar-refractivity contribution in [1.29, 1.82) is 0 Å². The summed E-state index contributed by atoms with van der Waals surface area (Å²) in [6, 6.07) is 10.4. The van der Waals surface area contributed by atoms with Crippen molar-refractivity contribution in [2.75, 3.05) is 19.6 Å². The van der Waals surface area contributed by atoms with E-state index in [4.69, 9.17) is 5.73 Å². The fourth-order valence-electron chi connectivity index (χ4n) is 3.24. The topological polar surface area (TPSA) is 64.2 Å². The highest BCUT2D eigenvalue weighted by Gasteiger charge is 2.35. The van der Waals surface area contributed by atoms with Crippen molar-refractivity contribution >= 4 is 30.7 Å². The van der Waals surface area contributed by atoms with Gasteiger partial charge in [0.25, 0.3) is 0 Å². The number of aromatic nitrogens is 2. The maximum Gasteiger partial charge on any atom is 0.227 e. The van der Waals surface area contributed by atoms with Gasteiger partial charge in [-0.3, -0.25) is 9.48 Å². The maximum absolute atomic E-state index is 12.5. The quantitative estimate of drug-likeness (QED) is 0.894. The van der Waals surface area contributed by atoms with Crippen LogP contribution >= 0.6 is 24.8 Å². The maximum atomic E-state index is 12.5. The Labute approximate surface area is 155 Å². The van der Waals surface area contributed by atoms with Gasteiger partial charge >= 0.3 is 0 Å². The van der Waals surface area contributed by atoms with E-state index in [9.17, 15) is 4.79 Å². The molecular weight excluding hydrogens is 347 g/mol. The van der Waals surface area contributed by atoms with E-state index >= 15 is 0 Å². The molecule has 1 aromatic heterocycles. The first-order valence-electron chi connectivity index (χ1n) is 7.67. The number of carbonyl (C=O) groups excluding carboxylic acids is 1. The van der Waals surface area contributed by atoms with Crippen molar-refractivity contribution in [3.05, 3.63) is 53.9 Å². The SMILES string of the molecule is Cl.Cl.Cn1cc(CC(=O)N2C[C@@H](CN)[C@H](c3ccccc3)C2)cn1. The van der Waals surface area contributed by atoms with Crippen LogP contribution in [0.15, 0.2) is 42.7 Å². The van der Waals surface area contributed by atoms with Gasteiger partial charge in [0.1, 0.15) is 0 Å². The number of halogens is 2. The number of aryl methyl sites for hydroxylation is 1. The van der Waals surface area contributed by atoms with Crippen LogP contribution in [0.5, 0.6) is 0 Å². The molecule has 0 aliphatic carbocycles. The van der Waals surface area contributed by atoms with Gasteiger partial charge in [0.05, 0.1) is 12.6 Å². The van der Waals surface area contributed by atoms with Crippen LogP contribution in [0, 0.1) is 5.92 Å². The molecule has 1 saturated heterocycles. The summed E-state index contributed by atoms with van der Waals surface area (Å²) in [5, 5.41) is 4.12. The van der Waals surface area contributed by atoms with Gasteiger partial charge in [0.15, 0.2) is 0 Å². The van der Waals surface area contributed by atoms with Crippen molar-refractivity contribution < 1.29 is 4.79 Å². The summed E-state index contributed by atoms with van der Waals surface area (Å²) >= 11 is 0. The highest BCUT2D eigenvalue weighted by Crippen LogP contribution is 2.32. The molecule has 132 valence electrons. The fourth-order valence-corrected chi connectivity index (χ4v) is 3.24. The molecule has 1 amide bonds. The van der Waals surface area contributed by atoms with Crippen LogP contribution < -0.4 is 5.73 Å². The van der Waals surface area contributed by atoms with Gasteiger partial charge in [0, 0.05) is 32.3 Å². The number of rotatable bonds is 4. The zero-order valence-electron chi connectivity index (χ0n) is 13.7. The number of hydrogen-bond acceptors (Lipinski definition) is 3. The van der Waals surface area contributed by atoms with Gasteiger partial charge < -0.3 is 10.6 Å². The average molecular weight is 371 g/mol. The molecule has 0 unspecified atom stereocenters. The number of benzene rings is 1. The number of carbonyl (C=O) groups is 1. The monoisotopic (exact) mass is 370 g/mol. The van der Waals surface area contributed by atoms with E-state index < -0.39 is 0 Å². The van der Waals surface area contributed by atoms with Crippen molar-refractivity contribution in [3.8, 4) is 0 Å². The minimum Gasteiger partial charge on any atom is -0.341 e. The lowest BCUT2D eigenvalue weighted by atomic mass is 9.89. The minimum atomic E-state index is 0. The summed E-state index contributed by atoms with van der Waals surface area (Å²) in [4.78, 5) is 14.5. The van der Waals surface area contributed by atoms with Gasteiger partial charge in [-0.25, -0.2) is 0 Å². The van der Waals surface area contributed by atoms with E-state index in [0.29, 0.717) is 24.8 Å². The van der Waals surface area contributed by atoms with E-state index in [-0.39, 0.29) is 30.7 Å². The summed E-state index contributed by atoms with van der Waals surface area (Å²) in [6.45, 7) is 2.11. The zero-order chi connectivity index (χ0) is 15.5. The Balaban J connectivity index is 0.00000144. The standard InChI is InChI=1S/C17H22N4O.2ClH/c1-20-10-13(9-19-20)7-17(22)21-11-15(8-18)16(12-21)14-5-3-2-4-6-14;;/h2-6,9-10,15-16H,7-8,11-12,18H2,1H3;2*1H/t15-,16+;;/m1../s1. The Bertz CT molecular complexity index is 647. The molecule has 2 N–H and O–H groups in total. The Hall–Kier alpha value is -1.56. The van der Waals surface area contributed by atoms with Crippen LogP contribution in [0.4, 0.5) is 0 Å². The van der Waals surface area contributed by atoms with E-state index in [1.54, 1.807) is 10.9 Å². The lowest BCUT2D eigenvalue weighted by molar-refractivity contribution is -0.129. The number of amides is 1. The highest BCUT2D eigenvalue weighted by atomic mass is 35.5. The Morgan fingerprint density at radius 2 is 1.96 bits per heavy atom. The molecule has 1 aromatic carbocycles. The fraction of sp³-hybridized carbons (Fsp3) is 0.412. The first-order chi connectivity index (χ1) is 10.7. The van der Waals surface area contributed by atoms with Gasteiger partial charge in [-0.1, -0.05) is 30.3 Å². The second kappa shape index (κ2) is 9.06. The zero-order valence-corrected chi connectivity index (χ0v) is 15.3. The predicted molar refractivity (Wildman–Crippen MR) is 99.7 cm³/mol. The Kier molecular flexibility index (Phi) is 7.73. The van der Waals surface area contributed by atoms with Gasteiger partial charge in [-0.05, 0) is 23.6 Å². The predicted octanol–water partition coefficient (Wildman–Crippen LogP) is 2.01. The molecule has 1 aliphatic heterocycles. The van der Waals surface area contributed by atoms with Crippen LogP contribution in [-0.4, -0.2) is 40.2 Å². The molecule has 3 rings (SSSR count). The molecule has 0 radical (unpaired) electrons. The molecule has 2 aromatic rings. The summed E-state index contributed by atoms with van der Waals surface area (Å²) < 4.78 is 1.72. The van der Waals surface area contributed by atoms with E-state index in [0.717, 1.165) is 18.7 Å². The van der Waals surface area contributed by atoms with E-state index in [1.165, 1.54) is 5.56 Å². The third-order valence-corrected chi connectivity index (χ3v) is 4.44. The minimum absolute atomic E-state index is 0. The molecule has 5 nitrogen and oxygen atoms in total.